The van der Waals surface area contributed by atoms with Crippen LogP contribution in [0.3, 0.4) is 0 Å². The fourth-order valence-corrected chi connectivity index (χ4v) is 1.36. The standard InChI is InChI=1S/C9H9ClN6O/c1-17-8-3-2-7(10)4-6(8)5-11-12-9-13-15-16-14-9/h2-5H,1H3,(H2,12,13,14,15,16)/b11-5+. The molecule has 7 nitrogen and oxygen atoms in total. The molecule has 0 atom stereocenters. The number of nitrogens with zero attached hydrogens (tertiary/aromatic N) is 4. The Morgan fingerprint density at radius 3 is 3.12 bits per heavy atom. The quantitative estimate of drug-likeness (QED) is 0.633. The Bertz CT molecular complexity index is 512. The molecule has 2 aromatic rings. The van der Waals surface area contributed by atoms with Crippen LogP contribution in [0.2, 0.25) is 5.02 Å². The fourth-order valence-electron chi connectivity index (χ4n) is 1.17. The van der Waals surface area contributed by atoms with E-state index in [4.69, 9.17) is 16.3 Å². The van der Waals surface area contributed by atoms with Crippen molar-refractivity contribution in [3.05, 3.63) is 28.8 Å². The molecule has 88 valence electrons. The van der Waals surface area contributed by atoms with Crippen LogP contribution >= 0.6 is 11.6 Å². The Kier molecular flexibility index (Phi) is 3.51. The zero-order valence-corrected chi connectivity index (χ0v) is 9.64. The zero-order valence-electron chi connectivity index (χ0n) is 8.88. The molecule has 1 aromatic carbocycles. The molecule has 0 saturated carbocycles. The van der Waals surface area contributed by atoms with Gasteiger partial charge in [0.15, 0.2) is 0 Å². The molecule has 0 fully saturated rings. The van der Waals surface area contributed by atoms with Gasteiger partial charge in [-0.1, -0.05) is 16.7 Å². The molecule has 17 heavy (non-hydrogen) atoms. The van der Waals surface area contributed by atoms with Crippen molar-refractivity contribution in [3.8, 4) is 5.75 Å². The summed E-state index contributed by atoms with van der Waals surface area (Å²) in [6.07, 6.45) is 1.56. The first-order valence-corrected chi connectivity index (χ1v) is 5.03. The highest BCUT2D eigenvalue weighted by molar-refractivity contribution is 6.30. The molecule has 2 N–H and O–H groups in total. The lowest BCUT2D eigenvalue weighted by molar-refractivity contribution is 0.414. The van der Waals surface area contributed by atoms with Gasteiger partial charge in [0.25, 0.3) is 5.95 Å². The van der Waals surface area contributed by atoms with E-state index in [0.717, 1.165) is 5.56 Å². The molecule has 2 rings (SSSR count). The summed E-state index contributed by atoms with van der Waals surface area (Å²) < 4.78 is 5.16. The van der Waals surface area contributed by atoms with Crippen molar-refractivity contribution in [1.82, 2.24) is 20.6 Å². The summed E-state index contributed by atoms with van der Waals surface area (Å²) in [5.41, 5.74) is 3.35. The van der Waals surface area contributed by atoms with Crippen molar-refractivity contribution in [2.75, 3.05) is 12.5 Å². The minimum atomic E-state index is 0.280. The average Bonchev–Trinajstić information content (AvgIpc) is 2.82. The van der Waals surface area contributed by atoms with Crippen LogP contribution in [0.1, 0.15) is 5.56 Å². The summed E-state index contributed by atoms with van der Waals surface area (Å²) in [6.45, 7) is 0. The van der Waals surface area contributed by atoms with Crippen LogP contribution in [-0.4, -0.2) is 33.9 Å². The Balaban J connectivity index is 2.12. The molecule has 0 aliphatic rings. The van der Waals surface area contributed by atoms with Gasteiger partial charge >= 0.3 is 0 Å². The Labute approximate surface area is 102 Å². The molecular weight excluding hydrogens is 244 g/mol. The number of H-pyrrole nitrogens is 1. The van der Waals surface area contributed by atoms with Gasteiger partial charge in [-0.3, -0.25) is 0 Å². The number of benzene rings is 1. The van der Waals surface area contributed by atoms with Crippen LogP contribution in [0.5, 0.6) is 5.75 Å². The number of aromatic nitrogens is 4. The summed E-state index contributed by atoms with van der Waals surface area (Å²) in [6, 6.07) is 5.24. The molecule has 8 heteroatoms. The lowest BCUT2D eigenvalue weighted by atomic mass is 10.2. The number of nitrogens with one attached hydrogen (secondary N) is 2. The maximum absolute atomic E-state index is 5.87. The molecule has 0 radical (unpaired) electrons. The number of hydrogen-bond acceptors (Lipinski definition) is 6. The van der Waals surface area contributed by atoms with Gasteiger partial charge in [0.1, 0.15) is 5.75 Å². The largest absolute Gasteiger partial charge is 0.496 e. The van der Waals surface area contributed by atoms with Crippen LogP contribution in [0.4, 0.5) is 5.95 Å². The topological polar surface area (TPSA) is 88.1 Å². The van der Waals surface area contributed by atoms with Crippen molar-refractivity contribution in [2.45, 2.75) is 0 Å². The van der Waals surface area contributed by atoms with E-state index in [1.807, 2.05) is 0 Å². The summed E-state index contributed by atoms with van der Waals surface area (Å²) in [5.74, 6) is 0.954. The van der Waals surface area contributed by atoms with Gasteiger partial charge in [0.2, 0.25) is 0 Å². The minimum Gasteiger partial charge on any atom is -0.496 e. The molecule has 1 aromatic heterocycles. The lowest BCUT2D eigenvalue weighted by Gasteiger charge is -2.03. The Hall–Kier alpha value is -2.15. The predicted octanol–water partition coefficient (Wildman–Crippen LogP) is 1.31. The van der Waals surface area contributed by atoms with Gasteiger partial charge < -0.3 is 4.74 Å². The van der Waals surface area contributed by atoms with Crippen LogP contribution in [0.25, 0.3) is 0 Å². The third-order valence-corrected chi connectivity index (χ3v) is 2.14. The number of rotatable bonds is 4. The smallest absolute Gasteiger partial charge is 0.283 e. The second kappa shape index (κ2) is 5.26. The molecule has 0 aliphatic carbocycles. The van der Waals surface area contributed by atoms with Crippen molar-refractivity contribution >= 4 is 23.8 Å². The molecule has 0 bridgehead atoms. The number of hydrogen-bond donors (Lipinski definition) is 2. The first-order chi connectivity index (χ1) is 8.29. The van der Waals surface area contributed by atoms with Gasteiger partial charge in [-0.15, -0.1) is 5.10 Å². The van der Waals surface area contributed by atoms with Crippen LogP contribution < -0.4 is 10.2 Å². The van der Waals surface area contributed by atoms with Gasteiger partial charge in [-0.05, 0) is 23.4 Å². The number of tetrazole rings is 1. The third-order valence-electron chi connectivity index (χ3n) is 1.91. The van der Waals surface area contributed by atoms with Crippen LogP contribution in [0.15, 0.2) is 23.3 Å². The second-order valence-corrected chi connectivity index (χ2v) is 3.43. The van der Waals surface area contributed by atoms with E-state index in [9.17, 15) is 0 Å². The third kappa shape index (κ3) is 2.91. The van der Waals surface area contributed by atoms with Crippen molar-refractivity contribution in [3.63, 3.8) is 0 Å². The molecular formula is C9H9ClN6O. The highest BCUT2D eigenvalue weighted by atomic mass is 35.5. The average molecular weight is 253 g/mol. The highest BCUT2D eigenvalue weighted by Gasteiger charge is 2.01. The first kappa shape index (κ1) is 11.3. The fraction of sp³-hybridized carbons (Fsp3) is 0.111. The van der Waals surface area contributed by atoms with Crippen molar-refractivity contribution < 1.29 is 4.74 Å². The van der Waals surface area contributed by atoms with Crippen molar-refractivity contribution in [1.29, 1.82) is 0 Å². The minimum absolute atomic E-state index is 0.280. The van der Waals surface area contributed by atoms with Gasteiger partial charge in [-0.25, -0.2) is 5.43 Å². The number of methoxy groups -OCH3 is 1. The first-order valence-electron chi connectivity index (χ1n) is 4.65. The summed E-state index contributed by atoms with van der Waals surface area (Å²) in [7, 11) is 1.58. The lowest BCUT2D eigenvalue weighted by Crippen LogP contribution is -1.95. The summed E-state index contributed by atoms with van der Waals surface area (Å²) >= 11 is 5.87. The number of ether oxygens (including phenoxy) is 1. The van der Waals surface area contributed by atoms with E-state index in [1.54, 1.807) is 31.5 Å². The van der Waals surface area contributed by atoms with Gasteiger partial charge in [0, 0.05) is 10.6 Å². The molecule has 0 amide bonds. The van der Waals surface area contributed by atoms with Gasteiger partial charge in [0.05, 0.1) is 13.3 Å². The van der Waals surface area contributed by atoms with E-state index in [1.165, 1.54) is 0 Å². The summed E-state index contributed by atoms with van der Waals surface area (Å²) in [5, 5.41) is 17.6. The van der Waals surface area contributed by atoms with Crippen LogP contribution in [-0.2, 0) is 0 Å². The predicted molar refractivity (Wildman–Crippen MR) is 63.4 cm³/mol. The highest BCUT2D eigenvalue weighted by Crippen LogP contribution is 2.20. The van der Waals surface area contributed by atoms with E-state index in [2.05, 4.69) is 31.2 Å². The SMILES string of the molecule is COc1ccc(Cl)cc1/C=N/Nc1nn[nH]n1. The zero-order chi connectivity index (χ0) is 12.1. The normalized spacial score (nSPS) is 10.7. The van der Waals surface area contributed by atoms with Crippen LogP contribution in [0, 0.1) is 0 Å². The Morgan fingerprint density at radius 1 is 1.53 bits per heavy atom. The monoisotopic (exact) mass is 252 g/mol. The van der Waals surface area contributed by atoms with E-state index < -0.39 is 0 Å². The molecule has 0 aliphatic heterocycles. The number of anilines is 1. The van der Waals surface area contributed by atoms with E-state index in [0.29, 0.717) is 10.8 Å². The number of aromatic amines is 1. The van der Waals surface area contributed by atoms with E-state index in [-0.39, 0.29) is 5.95 Å². The maximum Gasteiger partial charge on any atom is 0.283 e. The summed E-state index contributed by atoms with van der Waals surface area (Å²) in [4.78, 5) is 0. The molecule has 0 spiro atoms. The van der Waals surface area contributed by atoms with Gasteiger partial charge in [-0.2, -0.15) is 10.3 Å². The number of hydrazone groups is 1. The second-order valence-electron chi connectivity index (χ2n) is 2.99. The molecule has 0 saturated heterocycles. The number of halogens is 1. The van der Waals surface area contributed by atoms with E-state index >= 15 is 0 Å². The maximum atomic E-state index is 5.87. The molecule has 1 heterocycles. The van der Waals surface area contributed by atoms with Crippen molar-refractivity contribution in [2.24, 2.45) is 5.10 Å². The molecule has 0 unspecified atom stereocenters. The Morgan fingerprint density at radius 2 is 2.41 bits per heavy atom.